The van der Waals surface area contributed by atoms with Crippen molar-refractivity contribution in [2.75, 3.05) is 50.5 Å². The number of nitrogens with zero attached hydrogens (tertiary/aromatic N) is 7. The van der Waals surface area contributed by atoms with Crippen LogP contribution in [-0.2, 0) is 24.3 Å². The lowest BCUT2D eigenvalue weighted by Crippen LogP contribution is -2.46. The van der Waals surface area contributed by atoms with Crippen molar-refractivity contribution in [1.82, 2.24) is 24.9 Å². The van der Waals surface area contributed by atoms with Crippen LogP contribution in [0.5, 0.6) is 11.5 Å². The van der Waals surface area contributed by atoms with Gasteiger partial charge in [0, 0.05) is 30.3 Å². The molecule has 3 atom stereocenters. The summed E-state index contributed by atoms with van der Waals surface area (Å²) in [6.45, 7) is 17.8. The molecule has 2 aliphatic rings. The van der Waals surface area contributed by atoms with E-state index in [1.54, 1.807) is 0 Å². The Hall–Kier alpha value is -7.68. The maximum atomic E-state index is 14.7. The second kappa shape index (κ2) is 23.7. The maximum Gasteiger partial charge on any atom is 0.441 e. The minimum atomic E-state index is -3.95. The molecule has 2 aromatic heterocycles. The van der Waals surface area contributed by atoms with Crippen molar-refractivity contribution in [3.05, 3.63) is 102 Å². The number of allylic oxidation sites excluding steroid dienone is 4. The van der Waals surface area contributed by atoms with E-state index in [1.807, 2.05) is 19.1 Å². The number of amides is 5. The number of imidazole rings is 1. The number of hydrogen-bond donors (Lipinski definition) is 6. The van der Waals surface area contributed by atoms with Gasteiger partial charge in [-0.1, -0.05) is 91.6 Å². The summed E-state index contributed by atoms with van der Waals surface area (Å²) in [6, 6.07) is 15.4. The number of aromatic nitrogens is 4. The number of aliphatic hydroxyl groups is 1. The normalized spacial score (nSPS) is 18.1. The summed E-state index contributed by atoms with van der Waals surface area (Å²) in [5, 5.41) is 41.2. The molecule has 23 heteroatoms. The van der Waals surface area contributed by atoms with Gasteiger partial charge in [0.15, 0.2) is 17.5 Å². The Morgan fingerprint density at radius 3 is 2.32 bits per heavy atom. The first-order chi connectivity index (χ1) is 37.3. The maximum absolute atomic E-state index is 14.7. The van der Waals surface area contributed by atoms with Gasteiger partial charge in [-0.15, -0.1) is 0 Å². The third kappa shape index (κ3) is 12.6. The molecule has 7 rings (SSSR count). The number of sulfonamides is 1. The number of carbonyl (C=O) groups is 4. The summed E-state index contributed by atoms with van der Waals surface area (Å²) >= 11 is 0.978. The van der Waals surface area contributed by atoms with Crippen LogP contribution in [0.15, 0.2) is 102 Å². The van der Waals surface area contributed by atoms with Crippen LogP contribution in [-0.4, -0.2) is 98.9 Å². The number of thioether (sulfide) groups is 1. The Morgan fingerprint density at radius 2 is 1.67 bits per heavy atom. The standard InChI is InChI=1S/C56H69N11O10S2/c1-11-14-15-43(76-45-25-18-36(53(4,5)12-2)28-56(45,9)54(6,7)13-3)48(70)63-41-26-42(69)40(64-51(72)62-37-19-16-35(29-57)17-20-37)27-44(41)77-52(73)67-50(71)55(8,31-68)30-66(67)39-23-21-38(22-24-39)65(10)79(74,75)34-78-49-46-47(59-32-58-46)60-33-61-49/h16-27,32-33,43,68-69H,11-15,28,30-31,34H2,1-10H3,(H,63,70)(H2,62,64,72)(H,58,59,60,61). The van der Waals surface area contributed by atoms with Crippen molar-refractivity contribution in [3.8, 4) is 17.6 Å². The van der Waals surface area contributed by atoms with Crippen molar-refractivity contribution in [2.45, 2.75) is 112 Å². The van der Waals surface area contributed by atoms with Gasteiger partial charge < -0.3 is 40.6 Å². The molecular weight excluding hydrogens is 1050 g/mol. The van der Waals surface area contributed by atoms with Gasteiger partial charge in [-0.05, 0) is 98.0 Å². The summed E-state index contributed by atoms with van der Waals surface area (Å²) in [4.78, 5) is 72.4. The number of nitriles is 1. The fourth-order valence-electron chi connectivity index (χ4n) is 9.01. The van der Waals surface area contributed by atoms with Crippen LogP contribution in [0.2, 0.25) is 0 Å². The average molecular weight is 1120 g/mol. The van der Waals surface area contributed by atoms with Crippen molar-refractivity contribution < 1.29 is 47.3 Å². The quantitative estimate of drug-likeness (QED) is 0.0226. The van der Waals surface area contributed by atoms with Crippen LogP contribution < -0.4 is 30.0 Å². The highest BCUT2D eigenvalue weighted by Crippen LogP contribution is 2.56. The molecule has 1 saturated heterocycles. The molecule has 0 radical (unpaired) electrons. The average Bonchev–Trinajstić information content (AvgIpc) is 4.17. The largest absolute Gasteiger partial charge is 0.506 e. The van der Waals surface area contributed by atoms with Gasteiger partial charge in [0.05, 0.1) is 59.3 Å². The summed E-state index contributed by atoms with van der Waals surface area (Å²) in [5.41, 5.74) is 0.415. The number of H-pyrrole nitrogens is 1. The predicted octanol–water partition coefficient (Wildman–Crippen LogP) is 10.5. The molecule has 79 heavy (non-hydrogen) atoms. The van der Waals surface area contributed by atoms with Crippen LogP contribution in [0.25, 0.3) is 11.2 Å². The number of aromatic amines is 1. The lowest BCUT2D eigenvalue weighted by Gasteiger charge is -2.49. The Bertz CT molecular complexity index is 3320. The number of phenolic OH excluding ortho intramolecular Hbond substituents is 1. The molecule has 5 amide bonds. The van der Waals surface area contributed by atoms with Gasteiger partial charge in [0.2, 0.25) is 10.0 Å². The van der Waals surface area contributed by atoms with Crippen molar-refractivity contribution in [2.24, 2.45) is 21.7 Å². The van der Waals surface area contributed by atoms with Gasteiger partial charge in [0.25, 0.3) is 11.8 Å². The smallest absolute Gasteiger partial charge is 0.441 e. The van der Waals surface area contributed by atoms with Crippen molar-refractivity contribution >= 4 is 85.3 Å². The highest BCUT2D eigenvalue weighted by atomic mass is 32.3. The van der Waals surface area contributed by atoms with Gasteiger partial charge >= 0.3 is 12.1 Å². The molecule has 1 aliphatic heterocycles. The number of anilines is 5. The number of carbonyl (C=O) groups excluding carboxylic acids is 4. The molecule has 21 nitrogen and oxygen atoms in total. The molecule has 0 saturated carbocycles. The van der Waals surface area contributed by atoms with E-state index in [0.717, 1.165) is 47.5 Å². The molecule has 420 valence electrons. The molecule has 3 aromatic carbocycles. The fraction of sp³-hybridized carbons (Fsp3) is 0.429. The van der Waals surface area contributed by atoms with Crippen LogP contribution in [0.3, 0.4) is 0 Å². The van der Waals surface area contributed by atoms with Crippen LogP contribution in [0, 0.1) is 33.0 Å². The molecule has 5 aromatic rings. The highest BCUT2D eigenvalue weighted by molar-refractivity contribution is 8.13. The van der Waals surface area contributed by atoms with Crippen molar-refractivity contribution in [3.63, 3.8) is 0 Å². The number of imide groups is 1. The Morgan fingerprint density at radius 1 is 0.962 bits per heavy atom. The van der Waals surface area contributed by atoms with E-state index in [2.05, 4.69) is 90.4 Å². The first-order valence-electron chi connectivity index (χ1n) is 26.0. The molecule has 0 spiro atoms. The third-order valence-corrected chi connectivity index (χ3v) is 18.8. The Kier molecular flexibility index (Phi) is 17.7. The van der Waals surface area contributed by atoms with E-state index >= 15 is 0 Å². The van der Waals surface area contributed by atoms with Crippen molar-refractivity contribution in [1.29, 1.82) is 5.26 Å². The topological polar surface area (TPSA) is 285 Å². The molecule has 6 N–H and O–H groups in total. The van der Waals surface area contributed by atoms with Gasteiger partial charge in [-0.3, -0.25) is 18.9 Å². The summed E-state index contributed by atoms with van der Waals surface area (Å²) in [7, 11) is -2.57. The van der Waals surface area contributed by atoms with E-state index in [0.29, 0.717) is 57.5 Å². The SMILES string of the molecule is CCCCC(OC1=CC=C(C(C)(C)CC)CC1(C)C(C)(C)CC)C(=O)Nc1cc(O)c(NC(=O)Nc2ccc(C#N)cc2)cc1OC(=O)N1C(=O)C(C)(CO)CN1c1ccc(N(C)S(=O)(=O)CSc2ncnc3nc[nH]c23)cc1. The van der Waals surface area contributed by atoms with Gasteiger partial charge in [0.1, 0.15) is 33.5 Å². The van der Waals surface area contributed by atoms with E-state index in [4.69, 9.17) is 9.47 Å². The Labute approximate surface area is 464 Å². The number of ether oxygens (including phenoxy) is 2. The number of rotatable bonds is 21. The minimum Gasteiger partial charge on any atom is -0.506 e. The zero-order valence-electron chi connectivity index (χ0n) is 46.1. The van der Waals surface area contributed by atoms with Crippen LogP contribution in [0.1, 0.15) is 106 Å². The Balaban J connectivity index is 1.20. The highest BCUT2D eigenvalue weighted by Gasteiger charge is 2.52. The van der Waals surface area contributed by atoms with Gasteiger partial charge in [-0.25, -0.2) is 33.0 Å². The lowest BCUT2D eigenvalue weighted by molar-refractivity contribution is -0.135. The second-order valence-corrected chi connectivity index (χ2v) is 24.8. The predicted molar refractivity (Wildman–Crippen MR) is 304 cm³/mol. The number of hydrogen-bond acceptors (Lipinski definition) is 16. The molecule has 1 aliphatic carbocycles. The number of unbranched alkanes of at least 4 members (excludes halogenated alkanes) is 1. The number of fused-ring (bicyclic) bond motifs is 1. The van der Waals surface area contributed by atoms with E-state index in [1.165, 1.54) is 85.7 Å². The second-order valence-electron chi connectivity index (χ2n) is 21.5. The van der Waals surface area contributed by atoms with Gasteiger partial charge in [-0.2, -0.15) is 10.3 Å². The number of benzene rings is 3. The number of aromatic hydroxyl groups is 1. The summed E-state index contributed by atoms with van der Waals surface area (Å²) < 4.78 is 41.1. The number of phenols is 1. The lowest BCUT2D eigenvalue weighted by atomic mass is 9.57. The van der Waals surface area contributed by atoms with Crippen LogP contribution in [0.4, 0.5) is 38.0 Å². The number of urea groups is 1. The molecule has 1 fully saturated rings. The van der Waals surface area contributed by atoms with Crippen LogP contribution >= 0.6 is 11.8 Å². The van der Waals surface area contributed by atoms with E-state index in [9.17, 15) is 43.1 Å². The first-order valence-corrected chi connectivity index (χ1v) is 28.6. The minimum absolute atomic E-state index is 0.0808. The fourth-order valence-corrected chi connectivity index (χ4v) is 11.5. The molecule has 3 unspecified atom stereocenters. The molecule has 3 heterocycles. The van der Waals surface area contributed by atoms with E-state index < -0.39 is 69.0 Å². The first kappa shape index (κ1) is 59.0. The molecule has 0 bridgehead atoms. The number of aliphatic hydroxyl groups excluding tert-OH is 1. The zero-order valence-corrected chi connectivity index (χ0v) is 47.8. The zero-order chi connectivity index (χ0) is 57.7. The van der Waals surface area contributed by atoms with E-state index in [-0.39, 0.29) is 45.2 Å². The number of hydrazine groups is 1. The summed E-state index contributed by atoms with van der Waals surface area (Å²) in [5.74, 6) is -1.78. The monoisotopic (exact) mass is 1120 g/mol. The third-order valence-electron chi connectivity index (χ3n) is 15.5. The summed E-state index contributed by atoms with van der Waals surface area (Å²) in [6.07, 6.45) is 8.51. The number of nitrogens with one attached hydrogen (secondary N) is 4. The molecular formula is C56H69N11O10S2.